The smallest absolute Gasteiger partial charge is 0.271 e. The Morgan fingerprint density at radius 2 is 2.00 bits per heavy atom. The lowest BCUT2D eigenvalue weighted by molar-refractivity contribution is 0.0955. The summed E-state index contributed by atoms with van der Waals surface area (Å²) in [6, 6.07) is 8.72. The summed E-state index contributed by atoms with van der Waals surface area (Å²) < 4.78 is 13.7. The fraction of sp³-hybridized carbons (Fsp3) is 0.0667. The van der Waals surface area contributed by atoms with Crippen LogP contribution in [0.2, 0.25) is 0 Å². The van der Waals surface area contributed by atoms with Crippen LogP contribution in [0, 0.1) is 16.3 Å². The number of nitrogens with zero attached hydrogens (tertiary/aromatic N) is 1. The Labute approximate surface area is 134 Å². The highest BCUT2D eigenvalue weighted by Crippen LogP contribution is 2.23. The van der Waals surface area contributed by atoms with Gasteiger partial charge in [-0.1, -0.05) is 0 Å². The number of hydrazone groups is 1. The number of carbonyl (C=O) groups excluding carboxylic acids is 1. The fourth-order valence-corrected chi connectivity index (χ4v) is 2.49. The molecule has 0 atom stereocenters. The van der Waals surface area contributed by atoms with E-state index >= 15 is 0 Å². The zero-order valence-electron chi connectivity index (χ0n) is 11.1. The molecule has 0 saturated heterocycles. The minimum Gasteiger partial charge on any atom is -0.507 e. The molecule has 0 fully saturated rings. The Morgan fingerprint density at radius 1 is 1.33 bits per heavy atom. The standard InChI is InChI=1S/C15H12FIN2O2/c1-9-6-13(17)7-11(14(9)20)8-18-19-15(21)10-2-4-12(16)5-3-10/h2-8,20H,1H3,(H,19,21). The maximum Gasteiger partial charge on any atom is 0.271 e. The number of amides is 1. The number of phenols is 1. The number of rotatable bonds is 3. The van der Waals surface area contributed by atoms with E-state index in [4.69, 9.17) is 0 Å². The molecule has 0 unspecified atom stereocenters. The molecule has 108 valence electrons. The van der Waals surface area contributed by atoms with E-state index in [1.807, 2.05) is 6.07 Å². The van der Waals surface area contributed by atoms with Crippen LogP contribution in [-0.2, 0) is 0 Å². The molecule has 0 bridgehead atoms. The molecular formula is C15H12FIN2O2. The normalized spacial score (nSPS) is 10.8. The van der Waals surface area contributed by atoms with Gasteiger partial charge in [0.25, 0.3) is 5.91 Å². The van der Waals surface area contributed by atoms with Crippen LogP contribution in [0.25, 0.3) is 0 Å². The number of nitrogens with one attached hydrogen (secondary N) is 1. The molecule has 6 heteroatoms. The summed E-state index contributed by atoms with van der Waals surface area (Å²) in [4.78, 5) is 11.8. The molecule has 2 aromatic rings. The Hall–Kier alpha value is -1.96. The van der Waals surface area contributed by atoms with Crippen molar-refractivity contribution in [2.45, 2.75) is 6.92 Å². The SMILES string of the molecule is Cc1cc(I)cc(C=NNC(=O)c2ccc(F)cc2)c1O. The van der Waals surface area contributed by atoms with Gasteiger partial charge >= 0.3 is 0 Å². The molecule has 4 nitrogen and oxygen atoms in total. The van der Waals surface area contributed by atoms with Crippen molar-refractivity contribution in [3.63, 3.8) is 0 Å². The molecule has 2 rings (SSSR count). The summed E-state index contributed by atoms with van der Waals surface area (Å²) in [5, 5.41) is 13.7. The quantitative estimate of drug-likeness (QED) is 0.474. The van der Waals surface area contributed by atoms with Crippen LogP contribution in [0.3, 0.4) is 0 Å². The fourth-order valence-electron chi connectivity index (χ4n) is 1.69. The molecule has 2 N–H and O–H groups in total. The maximum atomic E-state index is 12.8. The lowest BCUT2D eigenvalue weighted by atomic mass is 10.1. The van der Waals surface area contributed by atoms with Crippen LogP contribution in [0.1, 0.15) is 21.5 Å². The lowest BCUT2D eigenvalue weighted by Crippen LogP contribution is -2.17. The third-order valence-corrected chi connectivity index (χ3v) is 3.39. The topological polar surface area (TPSA) is 61.7 Å². The van der Waals surface area contributed by atoms with E-state index in [0.717, 1.165) is 9.13 Å². The van der Waals surface area contributed by atoms with Gasteiger partial charge in [0.05, 0.1) is 6.21 Å². The first-order valence-electron chi connectivity index (χ1n) is 6.05. The van der Waals surface area contributed by atoms with Gasteiger partial charge in [0.2, 0.25) is 0 Å². The van der Waals surface area contributed by atoms with E-state index in [-0.39, 0.29) is 5.75 Å². The van der Waals surface area contributed by atoms with E-state index in [2.05, 4.69) is 33.1 Å². The number of phenolic OH excluding ortho intramolecular Hbond substituents is 1. The first kappa shape index (κ1) is 15.4. The van der Waals surface area contributed by atoms with E-state index in [1.165, 1.54) is 30.5 Å². The van der Waals surface area contributed by atoms with Gasteiger partial charge in [-0.3, -0.25) is 4.79 Å². The second kappa shape index (κ2) is 6.66. The molecule has 0 aliphatic carbocycles. The minimum atomic E-state index is -0.451. The molecule has 0 aliphatic heterocycles. The third kappa shape index (κ3) is 4.01. The highest BCUT2D eigenvalue weighted by Gasteiger charge is 2.06. The van der Waals surface area contributed by atoms with Crippen LogP contribution in [0.5, 0.6) is 5.75 Å². The average Bonchev–Trinajstić information content (AvgIpc) is 2.44. The number of aromatic hydroxyl groups is 1. The molecule has 0 aliphatic rings. The first-order valence-corrected chi connectivity index (χ1v) is 7.13. The molecule has 0 aromatic heterocycles. The van der Waals surface area contributed by atoms with Gasteiger partial charge in [-0.15, -0.1) is 0 Å². The lowest BCUT2D eigenvalue weighted by Gasteiger charge is -2.04. The molecule has 0 heterocycles. The van der Waals surface area contributed by atoms with Gasteiger partial charge in [-0.2, -0.15) is 5.10 Å². The monoisotopic (exact) mass is 398 g/mol. The largest absolute Gasteiger partial charge is 0.507 e. The van der Waals surface area contributed by atoms with Crippen LogP contribution < -0.4 is 5.43 Å². The first-order chi connectivity index (χ1) is 9.97. The summed E-state index contributed by atoms with van der Waals surface area (Å²) in [6.45, 7) is 1.78. The van der Waals surface area contributed by atoms with Crippen LogP contribution >= 0.6 is 22.6 Å². The van der Waals surface area contributed by atoms with Crippen LogP contribution in [0.4, 0.5) is 4.39 Å². The van der Waals surface area contributed by atoms with Crippen LogP contribution in [-0.4, -0.2) is 17.2 Å². The predicted octanol–water partition coefficient (Wildman–Crippen LogP) is 3.21. The van der Waals surface area contributed by atoms with Crippen molar-refractivity contribution in [1.29, 1.82) is 0 Å². The van der Waals surface area contributed by atoms with Gasteiger partial charge < -0.3 is 5.11 Å². The van der Waals surface area contributed by atoms with Gasteiger partial charge in [0, 0.05) is 14.7 Å². The van der Waals surface area contributed by atoms with Crippen molar-refractivity contribution >= 4 is 34.7 Å². The molecule has 0 radical (unpaired) electrons. The molecule has 1 amide bonds. The Kier molecular flexibility index (Phi) is 4.89. The second-order valence-corrected chi connectivity index (χ2v) is 5.61. The molecule has 2 aromatic carbocycles. The van der Waals surface area contributed by atoms with Gasteiger partial charge in [0.15, 0.2) is 0 Å². The molecule has 0 saturated carbocycles. The zero-order chi connectivity index (χ0) is 15.4. The second-order valence-electron chi connectivity index (χ2n) is 4.37. The predicted molar refractivity (Wildman–Crippen MR) is 87.0 cm³/mol. The molecule has 0 spiro atoms. The number of aryl methyl sites for hydroxylation is 1. The third-order valence-electron chi connectivity index (χ3n) is 2.77. The van der Waals surface area contributed by atoms with Crippen molar-refractivity contribution in [3.05, 3.63) is 62.5 Å². The average molecular weight is 398 g/mol. The summed E-state index contributed by atoms with van der Waals surface area (Å²) in [5.41, 5.74) is 3.87. The molecular weight excluding hydrogens is 386 g/mol. The van der Waals surface area contributed by atoms with Crippen molar-refractivity contribution in [2.75, 3.05) is 0 Å². The highest BCUT2D eigenvalue weighted by molar-refractivity contribution is 14.1. The Bertz CT molecular complexity index is 700. The number of halogens is 2. The summed E-state index contributed by atoms with van der Waals surface area (Å²) >= 11 is 2.13. The van der Waals surface area contributed by atoms with Gasteiger partial charge in [-0.25, -0.2) is 9.82 Å². The van der Waals surface area contributed by atoms with E-state index in [9.17, 15) is 14.3 Å². The Morgan fingerprint density at radius 3 is 2.67 bits per heavy atom. The minimum absolute atomic E-state index is 0.121. The van der Waals surface area contributed by atoms with Crippen molar-refractivity contribution in [1.82, 2.24) is 5.43 Å². The molecule has 21 heavy (non-hydrogen) atoms. The summed E-state index contributed by atoms with van der Waals surface area (Å²) in [6.07, 6.45) is 1.37. The highest BCUT2D eigenvalue weighted by atomic mass is 127. The van der Waals surface area contributed by atoms with E-state index in [1.54, 1.807) is 13.0 Å². The Balaban J connectivity index is 2.09. The summed E-state index contributed by atoms with van der Waals surface area (Å²) in [5.74, 6) is -0.738. The maximum absolute atomic E-state index is 12.8. The van der Waals surface area contributed by atoms with Crippen LogP contribution in [0.15, 0.2) is 41.5 Å². The number of hydrogen-bond acceptors (Lipinski definition) is 3. The van der Waals surface area contributed by atoms with Gasteiger partial charge in [0.1, 0.15) is 11.6 Å². The van der Waals surface area contributed by atoms with Crippen molar-refractivity contribution < 1.29 is 14.3 Å². The number of carbonyl (C=O) groups is 1. The summed E-state index contributed by atoms with van der Waals surface area (Å²) in [7, 11) is 0. The van der Waals surface area contributed by atoms with Gasteiger partial charge in [-0.05, 0) is 71.5 Å². The number of benzene rings is 2. The van der Waals surface area contributed by atoms with E-state index in [0.29, 0.717) is 11.1 Å². The zero-order valence-corrected chi connectivity index (χ0v) is 13.3. The van der Waals surface area contributed by atoms with Crippen molar-refractivity contribution in [2.24, 2.45) is 5.10 Å². The van der Waals surface area contributed by atoms with E-state index < -0.39 is 11.7 Å². The van der Waals surface area contributed by atoms with Crippen molar-refractivity contribution in [3.8, 4) is 5.75 Å². The number of hydrogen-bond donors (Lipinski definition) is 2.